The van der Waals surface area contributed by atoms with Gasteiger partial charge in [0.05, 0.1) is 12.2 Å². The smallest absolute Gasteiger partial charge is 0.252 e. The van der Waals surface area contributed by atoms with Crippen LogP contribution in [-0.2, 0) is 17.7 Å². The third kappa shape index (κ3) is 4.75. The van der Waals surface area contributed by atoms with Gasteiger partial charge in [0.2, 0.25) is 0 Å². The van der Waals surface area contributed by atoms with Crippen molar-refractivity contribution in [2.24, 2.45) is 0 Å². The topological polar surface area (TPSA) is 60.3 Å². The zero-order chi connectivity index (χ0) is 16.7. The van der Waals surface area contributed by atoms with Crippen LogP contribution in [0.15, 0.2) is 47.4 Å². The second kappa shape index (κ2) is 8.24. The molecule has 6 heteroatoms. The number of aromatic nitrogens is 1. The molecule has 1 N–H and O–H groups in total. The molecular formula is C17H19FN2O3. The minimum absolute atomic E-state index is 0.190. The molecule has 0 saturated carbocycles. The Bertz CT molecular complexity index is 728. The van der Waals surface area contributed by atoms with Crippen molar-refractivity contribution >= 4 is 5.91 Å². The average molecular weight is 318 g/mol. The summed E-state index contributed by atoms with van der Waals surface area (Å²) in [5, 5.41) is 2.73. The molecule has 0 aliphatic rings. The molecule has 5 nitrogen and oxygen atoms in total. The van der Waals surface area contributed by atoms with E-state index < -0.39 is 0 Å². The third-order valence-corrected chi connectivity index (χ3v) is 3.42. The number of pyridine rings is 1. The van der Waals surface area contributed by atoms with E-state index in [1.807, 2.05) is 0 Å². The van der Waals surface area contributed by atoms with Gasteiger partial charge in [-0.2, -0.15) is 0 Å². The molecule has 1 aromatic carbocycles. The number of hydrogen-bond acceptors (Lipinski definition) is 3. The van der Waals surface area contributed by atoms with Crippen molar-refractivity contribution in [1.82, 2.24) is 9.88 Å². The van der Waals surface area contributed by atoms with Crippen LogP contribution in [0, 0.1) is 5.82 Å². The highest BCUT2D eigenvalue weighted by Gasteiger charge is 2.08. The van der Waals surface area contributed by atoms with Gasteiger partial charge in [0.1, 0.15) is 5.82 Å². The number of nitrogens with zero attached hydrogens (tertiary/aromatic N) is 1. The largest absolute Gasteiger partial charge is 0.383 e. The molecular weight excluding hydrogens is 299 g/mol. The number of methoxy groups -OCH3 is 1. The SMILES string of the molecule is COCCn1cc(C(=O)NCCc2ccccc2F)ccc1=O. The standard InChI is InChI=1S/C17H19FN2O3/c1-23-11-10-20-12-14(6-7-16(20)21)17(22)19-9-8-13-4-2-3-5-15(13)18/h2-7,12H,8-11H2,1H3,(H,19,22). The van der Waals surface area contributed by atoms with Crippen molar-refractivity contribution in [1.29, 1.82) is 0 Å². The predicted molar refractivity (Wildman–Crippen MR) is 85.0 cm³/mol. The first-order chi connectivity index (χ1) is 11.1. The molecule has 0 spiro atoms. The van der Waals surface area contributed by atoms with Gasteiger partial charge >= 0.3 is 0 Å². The molecule has 0 radical (unpaired) electrons. The second-order valence-electron chi connectivity index (χ2n) is 5.04. The van der Waals surface area contributed by atoms with E-state index in [1.165, 1.54) is 29.0 Å². The van der Waals surface area contributed by atoms with Crippen molar-refractivity contribution in [2.45, 2.75) is 13.0 Å². The van der Waals surface area contributed by atoms with Crippen molar-refractivity contribution in [3.63, 3.8) is 0 Å². The summed E-state index contributed by atoms with van der Waals surface area (Å²) in [6.07, 6.45) is 1.90. The fraction of sp³-hybridized carbons (Fsp3) is 0.294. The Morgan fingerprint density at radius 2 is 2.04 bits per heavy atom. The van der Waals surface area contributed by atoms with Crippen molar-refractivity contribution in [2.75, 3.05) is 20.3 Å². The van der Waals surface area contributed by atoms with Gasteiger partial charge in [-0.05, 0) is 24.1 Å². The minimum atomic E-state index is -0.299. The molecule has 1 aromatic heterocycles. The van der Waals surface area contributed by atoms with E-state index in [-0.39, 0.29) is 17.3 Å². The summed E-state index contributed by atoms with van der Waals surface area (Å²) in [6.45, 7) is 1.08. The van der Waals surface area contributed by atoms with E-state index in [9.17, 15) is 14.0 Å². The van der Waals surface area contributed by atoms with Crippen molar-refractivity contribution in [3.8, 4) is 0 Å². The molecule has 2 aromatic rings. The number of nitrogens with one attached hydrogen (secondary N) is 1. The molecule has 122 valence electrons. The van der Waals surface area contributed by atoms with Gasteiger partial charge in [0.15, 0.2) is 0 Å². The zero-order valence-electron chi connectivity index (χ0n) is 12.9. The lowest BCUT2D eigenvalue weighted by molar-refractivity contribution is 0.0952. The van der Waals surface area contributed by atoms with Crippen molar-refractivity contribution in [3.05, 3.63) is 69.9 Å². The molecule has 2 rings (SSSR count). The molecule has 0 bridgehead atoms. The van der Waals surface area contributed by atoms with E-state index in [0.717, 1.165) is 0 Å². The van der Waals surface area contributed by atoms with Gasteiger partial charge < -0.3 is 14.6 Å². The first-order valence-corrected chi connectivity index (χ1v) is 7.33. The fourth-order valence-corrected chi connectivity index (χ4v) is 2.14. The van der Waals surface area contributed by atoms with Gasteiger partial charge in [0, 0.05) is 32.5 Å². The number of halogens is 1. The number of hydrogen-bond donors (Lipinski definition) is 1. The second-order valence-corrected chi connectivity index (χ2v) is 5.04. The highest BCUT2D eigenvalue weighted by Crippen LogP contribution is 2.06. The molecule has 0 saturated heterocycles. The highest BCUT2D eigenvalue weighted by atomic mass is 19.1. The van der Waals surface area contributed by atoms with Crippen LogP contribution in [-0.4, -0.2) is 30.7 Å². The summed E-state index contributed by atoms with van der Waals surface area (Å²) in [4.78, 5) is 23.8. The average Bonchev–Trinajstić information content (AvgIpc) is 2.55. The van der Waals surface area contributed by atoms with Crippen LogP contribution in [0.4, 0.5) is 4.39 Å². The summed E-state index contributed by atoms with van der Waals surface area (Å²) in [7, 11) is 1.55. The van der Waals surface area contributed by atoms with E-state index >= 15 is 0 Å². The van der Waals surface area contributed by atoms with E-state index in [2.05, 4.69) is 5.32 Å². The summed E-state index contributed by atoms with van der Waals surface area (Å²) in [5.41, 5.74) is 0.747. The number of amides is 1. The number of carbonyl (C=O) groups excluding carboxylic acids is 1. The zero-order valence-corrected chi connectivity index (χ0v) is 12.9. The van der Waals surface area contributed by atoms with E-state index in [0.29, 0.717) is 37.2 Å². The molecule has 0 aliphatic carbocycles. The maximum atomic E-state index is 13.5. The van der Waals surface area contributed by atoms with Crippen LogP contribution in [0.1, 0.15) is 15.9 Å². The number of rotatable bonds is 7. The lowest BCUT2D eigenvalue weighted by Crippen LogP contribution is -2.28. The molecule has 0 unspecified atom stereocenters. The Kier molecular flexibility index (Phi) is 6.05. The van der Waals surface area contributed by atoms with Crippen LogP contribution >= 0.6 is 0 Å². The molecule has 0 fully saturated rings. The van der Waals surface area contributed by atoms with Crippen LogP contribution in [0.5, 0.6) is 0 Å². The normalized spacial score (nSPS) is 10.5. The Morgan fingerprint density at radius 1 is 1.26 bits per heavy atom. The molecule has 1 heterocycles. The third-order valence-electron chi connectivity index (χ3n) is 3.42. The van der Waals surface area contributed by atoms with E-state index in [4.69, 9.17) is 4.74 Å². The Labute approximate surface area is 133 Å². The molecule has 1 amide bonds. The lowest BCUT2D eigenvalue weighted by atomic mass is 10.1. The molecule has 0 atom stereocenters. The quantitative estimate of drug-likeness (QED) is 0.844. The number of ether oxygens (including phenoxy) is 1. The van der Waals surface area contributed by atoms with Crippen LogP contribution in [0.2, 0.25) is 0 Å². The van der Waals surface area contributed by atoms with E-state index in [1.54, 1.807) is 25.3 Å². The van der Waals surface area contributed by atoms with Crippen molar-refractivity contribution < 1.29 is 13.9 Å². The van der Waals surface area contributed by atoms with Gasteiger partial charge in [-0.15, -0.1) is 0 Å². The van der Waals surface area contributed by atoms with Crippen LogP contribution in [0.25, 0.3) is 0 Å². The lowest BCUT2D eigenvalue weighted by Gasteiger charge is -2.09. The van der Waals surface area contributed by atoms with Gasteiger partial charge in [-0.1, -0.05) is 18.2 Å². The molecule has 23 heavy (non-hydrogen) atoms. The van der Waals surface area contributed by atoms with Gasteiger partial charge in [-0.25, -0.2) is 4.39 Å². The summed E-state index contributed by atoms with van der Waals surface area (Å²) in [6, 6.07) is 9.29. The number of carbonyl (C=O) groups is 1. The first kappa shape index (κ1) is 16.9. The minimum Gasteiger partial charge on any atom is -0.383 e. The maximum absolute atomic E-state index is 13.5. The monoisotopic (exact) mass is 318 g/mol. The Morgan fingerprint density at radius 3 is 2.78 bits per heavy atom. The Balaban J connectivity index is 1.95. The number of benzene rings is 1. The Hall–Kier alpha value is -2.47. The summed E-state index contributed by atoms with van der Waals surface area (Å²) >= 11 is 0. The fourth-order valence-electron chi connectivity index (χ4n) is 2.14. The summed E-state index contributed by atoms with van der Waals surface area (Å²) < 4.78 is 19.8. The van der Waals surface area contributed by atoms with Gasteiger partial charge in [0.25, 0.3) is 11.5 Å². The van der Waals surface area contributed by atoms with Crippen LogP contribution in [0.3, 0.4) is 0 Å². The molecule has 0 aliphatic heterocycles. The predicted octanol–water partition coefficient (Wildman–Crippen LogP) is 1.61. The summed E-state index contributed by atoms with van der Waals surface area (Å²) in [5.74, 6) is -0.581. The maximum Gasteiger partial charge on any atom is 0.252 e. The first-order valence-electron chi connectivity index (χ1n) is 7.33. The highest BCUT2D eigenvalue weighted by molar-refractivity contribution is 5.93. The van der Waals surface area contributed by atoms with Crippen LogP contribution < -0.4 is 10.9 Å². The van der Waals surface area contributed by atoms with Gasteiger partial charge in [-0.3, -0.25) is 9.59 Å².